The Hall–Kier alpha value is -0.860. The summed E-state index contributed by atoms with van der Waals surface area (Å²) in [6.07, 6.45) is 5.98. The van der Waals surface area contributed by atoms with E-state index in [0.717, 1.165) is 18.8 Å². The fraction of sp³-hybridized carbons (Fsp3) is 0.625. The minimum absolute atomic E-state index is 0.448. The molecule has 2 heteroatoms. The number of nitrogens with one attached hydrogen (secondary N) is 1. The molecular formula is C16H28N2. The molecule has 18 heavy (non-hydrogen) atoms. The maximum Gasteiger partial charge on any atom is 0.0213 e. The second kappa shape index (κ2) is 8.28. The summed E-state index contributed by atoms with van der Waals surface area (Å²) in [7, 11) is 0. The van der Waals surface area contributed by atoms with Crippen LogP contribution in [0.15, 0.2) is 24.3 Å². The van der Waals surface area contributed by atoms with Crippen molar-refractivity contribution in [1.29, 1.82) is 0 Å². The Morgan fingerprint density at radius 2 is 1.83 bits per heavy atom. The van der Waals surface area contributed by atoms with Crippen LogP contribution in [0.3, 0.4) is 0 Å². The van der Waals surface area contributed by atoms with Crippen molar-refractivity contribution in [3.63, 3.8) is 0 Å². The predicted molar refractivity (Wildman–Crippen MR) is 79.3 cm³/mol. The van der Waals surface area contributed by atoms with Crippen LogP contribution in [0, 0.1) is 12.8 Å². The van der Waals surface area contributed by atoms with Gasteiger partial charge in [0.1, 0.15) is 0 Å². The van der Waals surface area contributed by atoms with Gasteiger partial charge >= 0.3 is 0 Å². The van der Waals surface area contributed by atoms with Crippen LogP contribution in [0.4, 0.5) is 0 Å². The highest BCUT2D eigenvalue weighted by atomic mass is 15.2. The molecule has 3 N–H and O–H groups in total. The van der Waals surface area contributed by atoms with Crippen LogP contribution in [-0.4, -0.2) is 6.04 Å². The first-order chi connectivity index (χ1) is 8.63. The van der Waals surface area contributed by atoms with Gasteiger partial charge in [-0.1, -0.05) is 51.0 Å². The molecule has 1 atom stereocenters. The smallest absolute Gasteiger partial charge is 0.0213 e. The highest BCUT2D eigenvalue weighted by molar-refractivity contribution is 5.25. The van der Waals surface area contributed by atoms with Gasteiger partial charge in [-0.2, -0.15) is 0 Å². The lowest BCUT2D eigenvalue weighted by Gasteiger charge is -2.17. The molecule has 2 nitrogen and oxygen atoms in total. The molecule has 0 heterocycles. The van der Waals surface area contributed by atoms with Gasteiger partial charge < -0.3 is 0 Å². The number of hydrazine groups is 1. The van der Waals surface area contributed by atoms with E-state index in [1.54, 1.807) is 0 Å². The van der Waals surface area contributed by atoms with E-state index < -0.39 is 0 Å². The molecule has 1 aromatic rings. The molecule has 0 bridgehead atoms. The van der Waals surface area contributed by atoms with Crippen molar-refractivity contribution in [2.24, 2.45) is 11.8 Å². The van der Waals surface area contributed by atoms with Gasteiger partial charge in [0.05, 0.1) is 0 Å². The average Bonchev–Trinajstić information content (AvgIpc) is 2.35. The van der Waals surface area contributed by atoms with Gasteiger partial charge in [0.2, 0.25) is 0 Å². The van der Waals surface area contributed by atoms with Gasteiger partial charge in [-0.25, -0.2) is 0 Å². The molecule has 0 aliphatic heterocycles. The van der Waals surface area contributed by atoms with Crippen molar-refractivity contribution in [3.05, 3.63) is 35.4 Å². The number of benzene rings is 1. The minimum atomic E-state index is 0.448. The molecule has 0 amide bonds. The lowest BCUT2D eigenvalue weighted by Crippen LogP contribution is -2.35. The molecule has 0 spiro atoms. The molecule has 102 valence electrons. The van der Waals surface area contributed by atoms with Crippen LogP contribution in [0.1, 0.15) is 50.7 Å². The van der Waals surface area contributed by atoms with Crippen molar-refractivity contribution in [1.82, 2.24) is 5.43 Å². The van der Waals surface area contributed by atoms with Crippen LogP contribution in [0.5, 0.6) is 0 Å². The quantitative estimate of drug-likeness (QED) is 0.545. The Morgan fingerprint density at radius 3 is 2.44 bits per heavy atom. The fourth-order valence-corrected chi connectivity index (χ4v) is 2.30. The monoisotopic (exact) mass is 248 g/mol. The van der Waals surface area contributed by atoms with E-state index in [-0.39, 0.29) is 0 Å². The van der Waals surface area contributed by atoms with E-state index in [4.69, 9.17) is 5.84 Å². The van der Waals surface area contributed by atoms with Crippen LogP contribution in [0.25, 0.3) is 0 Å². The van der Waals surface area contributed by atoms with Crippen LogP contribution in [0.2, 0.25) is 0 Å². The number of hydrogen-bond donors (Lipinski definition) is 2. The second-order valence-electron chi connectivity index (χ2n) is 5.65. The standard InChI is InChI=1S/C16H28N2/c1-13(2)7-6-10-16(18-17)12-11-15-9-5-4-8-14(15)3/h4-5,8-9,13,16,18H,6-7,10-12,17H2,1-3H3. The number of rotatable bonds is 8. The first-order valence-corrected chi connectivity index (χ1v) is 7.14. The molecule has 0 aliphatic rings. The zero-order valence-electron chi connectivity index (χ0n) is 12.1. The normalized spacial score (nSPS) is 12.9. The zero-order chi connectivity index (χ0) is 13.4. The Labute approximate surface area is 112 Å². The highest BCUT2D eigenvalue weighted by Crippen LogP contribution is 2.14. The molecule has 0 radical (unpaired) electrons. The molecule has 1 aromatic carbocycles. The molecule has 0 aromatic heterocycles. The maximum atomic E-state index is 5.64. The molecule has 1 unspecified atom stereocenters. The molecule has 0 aliphatic carbocycles. The summed E-state index contributed by atoms with van der Waals surface area (Å²) < 4.78 is 0. The molecule has 0 saturated carbocycles. The maximum absolute atomic E-state index is 5.64. The SMILES string of the molecule is Cc1ccccc1CCC(CCCC(C)C)NN. The van der Waals surface area contributed by atoms with Gasteiger partial charge in [-0.3, -0.25) is 11.3 Å². The summed E-state index contributed by atoms with van der Waals surface area (Å²) >= 11 is 0. The lowest BCUT2D eigenvalue weighted by atomic mass is 9.97. The zero-order valence-corrected chi connectivity index (χ0v) is 12.1. The highest BCUT2D eigenvalue weighted by Gasteiger charge is 2.08. The van der Waals surface area contributed by atoms with E-state index in [1.165, 1.54) is 30.4 Å². The van der Waals surface area contributed by atoms with Crippen molar-refractivity contribution >= 4 is 0 Å². The third-order valence-electron chi connectivity index (χ3n) is 3.59. The predicted octanol–water partition coefficient (Wildman–Crippen LogP) is 3.59. The van der Waals surface area contributed by atoms with E-state index in [1.807, 2.05) is 0 Å². The fourth-order valence-electron chi connectivity index (χ4n) is 2.30. The second-order valence-corrected chi connectivity index (χ2v) is 5.65. The minimum Gasteiger partial charge on any atom is -0.271 e. The summed E-state index contributed by atoms with van der Waals surface area (Å²) in [5.74, 6) is 6.43. The van der Waals surface area contributed by atoms with E-state index in [9.17, 15) is 0 Å². The van der Waals surface area contributed by atoms with Crippen molar-refractivity contribution in [3.8, 4) is 0 Å². The van der Waals surface area contributed by atoms with Gasteiger partial charge in [0.15, 0.2) is 0 Å². The first kappa shape index (κ1) is 15.2. The average molecular weight is 248 g/mol. The van der Waals surface area contributed by atoms with Gasteiger partial charge in [-0.05, 0) is 43.2 Å². The van der Waals surface area contributed by atoms with Gasteiger partial charge in [0.25, 0.3) is 0 Å². The molecule has 0 saturated heterocycles. The van der Waals surface area contributed by atoms with Crippen LogP contribution in [-0.2, 0) is 6.42 Å². The molecule has 0 fully saturated rings. The summed E-state index contributed by atoms with van der Waals surface area (Å²) in [5, 5.41) is 0. The van der Waals surface area contributed by atoms with E-state index >= 15 is 0 Å². The van der Waals surface area contributed by atoms with E-state index in [0.29, 0.717) is 6.04 Å². The summed E-state index contributed by atoms with van der Waals surface area (Å²) in [5.41, 5.74) is 5.80. The molecular weight excluding hydrogens is 220 g/mol. The molecule has 1 rings (SSSR count). The Balaban J connectivity index is 2.33. The first-order valence-electron chi connectivity index (χ1n) is 7.14. The number of aryl methyl sites for hydroxylation is 2. The van der Waals surface area contributed by atoms with Crippen LogP contribution >= 0.6 is 0 Å². The van der Waals surface area contributed by atoms with Crippen LogP contribution < -0.4 is 11.3 Å². The Bertz CT molecular complexity index is 334. The third-order valence-corrected chi connectivity index (χ3v) is 3.59. The number of nitrogens with two attached hydrogens (primary N) is 1. The topological polar surface area (TPSA) is 38.0 Å². The van der Waals surface area contributed by atoms with Crippen molar-refractivity contribution in [2.45, 2.75) is 58.9 Å². The summed E-state index contributed by atoms with van der Waals surface area (Å²) in [4.78, 5) is 0. The largest absolute Gasteiger partial charge is 0.271 e. The summed E-state index contributed by atoms with van der Waals surface area (Å²) in [6.45, 7) is 6.73. The Kier molecular flexibility index (Phi) is 6.99. The van der Waals surface area contributed by atoms with Crippen molar-refractivity contribution < 1.29 is 0 Å². The summed E-state index contributed by atoms with van der Waals surface area (Å²) in [6, 6.07) is 9.06. The Morgan fingerprint density at radius 1 is 1.11 bits per heavy atom. The van der Waals surface area contributed by atoms with Gasteiger partial charge in [-0.15, -0.1) is 0 Å². The lowest BCUT2D eigenvalue weighted by molar-refractivity contribution is 0.424. The third kappa shape index (κ3) is 5.65. The van der Waals surface area contributed by atoms with Gasteiger partial charge in [0, 0.05) is 6.04 Å². The van der Waals surface area contributed by atoms with Crippen molar-refractivity contribution in [2.75, 3.05) is 0 Å². The van der Waals surface area contributed by atoms with E-state index in [2.05, 4.69) is 50.5 Å². The number of hydrogen-bond acceptors (Lipinski definition) is 2.